The van der Waals surface area contributed by atoms with E-state index in [1.54, 1.807) is 11.8 Å². The molecule has 5 heteroatoms. The van der Waals surface area contributed by atoms with Gasteiger partial charge in [-0.1, -0.05) is 6.92 Å². The van der Waals surface area contributed by atoms with Crippen molar-refractivity contribution >= 4 is 17.7 Å². The van der Waals surface area contributed by atoms with Crippen molar-refractivity contribution in [1.29, 1.82) is 0 Å². The van der Waals surface area contributed by atoms with Crippen molar-refractivity contribution in [2.45, 2.75) is 13.3 Å². The summed E-state index contributed by atoms with van der Waals surface area (Å²) in [7, 11) is 0. The third kappa shape index (κ3) is 6.45. The van der Waals surface area contributed by atoms with E-state index in [9.17, 15) is 4.79 Å². The zero-order valence-corrected chi connectivity index (χ0v) is 8.06. The fourth-order valence-corrected chi connectivity index (χ4v) is 1.58. The number of nitrogens with two attached hydrogens (primary N) is 1. The summed E-state index contributed by atoms with van der Waals surface area (Å²) in [5, 5.41) is 8.68. The highest BCUT2D eigenvalue weighted by Gasteiger charge is 2.01. The Bertz CT molecular complexity index is 133. The number of hydrogen-bond acceptors (Lipinski definition) is 4. The van der Waals surface area contributed by atoms with Crippen molar-refractivity contribution in [2.75, 3.05) is 18.1 Å². The molecule has 0 bridgehead atoms. The van der Waals surface area contributed by atoms with Crippen LogP contribution >= 0.6 is 11.8 Å². The van der Waals surface area contributed by atoms with Gasteiger partial charge in [0.1, 0.15) is 0 Å². The smallest absolute Gasteiger partial charge is 0.234 e. The van der Waals surface area contributed by atoms with Crippen molar-refractivity contribution in [2.24, 2.45) is 11.8 Å². The van der Waals surface area contributed by atoms with Crippen LogP contribution in [0.1, 0.15) is 13.3 Å². The van der Waals surface area contributed by atoms with Gasteiger partial charge in [-0.3, -0.25) is 10.2 Å². The first-order chi connectivity index (χ1) is 5.70. The summed E-state index contributed by atoms with van der Waals surface area (Å²) in [5.41, 5.74) is 2.07. The lowest BCUT2D eigenvalue weighted by atomic mass is 10.2. The molecule has 0 spiro atoms. The zero-order valence-electron chi connectivity index (χ0n) is 7.25. The molecule has 12 heavy (non-hydrogen) atoms. The minimum atomic E-state index is -0.140. The van der Waals surface area contributed by atoms with Gasteiger partial charge in [-0.25, -0.2) is 5.84 Å². The maximum absolute atomic E-state index is 10.6. The van der Waals surface area contributed by atoms with E-state index in [-0.39, 0.29) is 12.5 Å². The lowest BCUT2D eigenvalue weighted by Crippen LogP contribution is -2.30. The third-order valence-corrected chi connectivity index (χ3v) is 2.65. The highest BCUT2D eigenvalue weighted by molar-refractivity contribution is 7.99. The monoisotopic (exact) mass is 192 g/mol. The van der Waals surface area contributed by atoms with E-state index in [1.165, 1.54) is 0 Å². The van der Waals surface area contributed by atoms with Gasteiger partial charge in [-0.05, 0) is 11.7 Å². The van der Waals surface area contributed by atoms with E-state index in [0.717, 1.165) is 11.5 Å². The molecule has 1 unspecified atom stereocenters. The van der Waals surface area contributed by atoms with Crippen LogP contribution in [0.5, 0.6) is 0 Å². The molecule has 0 aromatic carbocycles. The van der Waals surface area contributed by atoms with Gasteiger partial charge in [0.25, 0.3) is 0 Å². The predicted octanol–water partition coefficient (Wildman–Crippen LogP) is -0.272. The molecule has 0 aliphatic heterocycles. The molecule has 0 aromatic rings. The maximum atomic E-state index is 10.6. The van der Waals surface area contributed by atoms with Crippen molar-refractivity contribution in [1.82, 2.24) is 5.43 Å². The van der Waals surface area contributed by atoms with Crippen LogP contribution in [0.4, 0.5) is 0 Å². The first kappa shape index (κ1) is 11.7. The molecule has 0 fully saturated rings. The maximum Gasteiger partial charge on any atom is 0.234 e. The number of hydrazine groups is 1. The Kier molecular flexibility index (Phi) is 7.23. The van der Waals surface area contributed by atoms with Crippen molar-refractivity contribution in [3.05, 3.63) is 0 Å². The van der Waals surface area contributed by atoms with Crippen LogP contribution in [-0.2, 0) is 4.79 Å². The molecule has 0 heterocycles. The number of aliphatic hydroxyl groups is 1. The third-order valence-electron chi connectivity index (χ3n) is 1.35. The molecule has 1 amide bonds. The number of rotatable bonds is 6. The number of amides is 1. The van der Waals surface area contributed by atoms with Crippen LogP contribution < -0.4 is 11.3 Å². The Hall–Kier alpha value is -0.260. The number of hydrogen-bond donors (Lipinski definition) is 3. The van der Waals surface area contributed by atoms with Gasteiger partial charge in [0.2, 0.25) is 5.91 Å². The lowest BCUT2D eigenvalue weighted by molar-refractivity contribution is -0.120. The first-order valence-corrected chi connectivity index (χ1v) is 5.04. The van der Waals surface area contributed by atoms with E-state index in [1.807, 2.05) is 6.92 Å². The largest absolute Gasteiger partial charge is 0.396 e. The standard InChI is InChI=1S/C7H16N2O2S/c1-6(4-10)5-12-3-2-7(11)9-8/h6,10H,2-5,8H2,1H3,(H,9,11). The summed E-state index contributed by atoms with van der Waals surface area (Å²) in [6.07, 6.45) is 0.444. The van der Waals surface area contributed by atoms with Gasteiger partial charge in [0, 0.05) is 18.8 Å². The van der Waals surface area contributed by atoms with E-state index in [2.05, 4.69) is 5.43 Å². The SMILES string of the molecule is CC(CO)CSCCC(=O)NN. The van der Waals surface area contributed by atoms with E-state index < -0.39 is 0 Å². The molecule has 0 aromatic heterocycles. The minimum absolute atomic E-state index is 0.140. The Labute approximate surface area is 76.9 Å². The van der Waals surface area contributed by atoms with Gasteiger partial charge in [0.15, 0.2) is 0 Å². The van der Waals surface area contributed by atoms with Gasteiger partial charge in [-0.15, -0.1) is 0 Å². The van der Waals surface area contributed by atoms with Crippen LogP contribution in [0.25, 0.3) is 0 Å². The highest BCUT2D eigenvalue weighted by Crippen LogP contribution is 2.08. The van der Waals surface area contributed by atoms with Crippen molar-refractivity contribution < 1.29 is 9.90 Å². The van der Waals surface area contributed by atoms with Gasteiger partial charge in [-0.2, -0.15) is 11.8 Å². The highest BCUT2D eigenvalue weighted by atomic mass is 32.2. The molecule has 0 aliphatic rings. The van der Waals surface area contributed by atoms with Gasteiger partial charge < -0.3 is 5.11 Å². The van der Waals surface area contributed by atoms with Crippen molar-refractivity contribution in [3.63, 3.8) is 0 Å². The van der Waals surface area contributed by atoms with Crippen LogP contribution in [0.2, 0.25) is 0 Å². The topological polar surface area (TPSA) is 75.3 Å². The molecule has 1 atom stereocenters. The Balaban J connectivity index is 3.15. The van der Waals surface area contributed by atoms with Gasteiger partial charge >= 0.3 is 0 Å². The number of carbonyl (C=O) groups is 1. The predicted molar refractivity (Wildman–Crippen MR) is 50.5 cm³/mol. The number of thioether (sulfide) groups is 1. The molecule has 0 saturated carbocycles. The molecule has 0 radical (unpaired) electrons. The summed E-state index contributed by atoms with van der Waals surface area (Å²) in [4.78, 5) is 10.6. The fourth-order valence-electron chi connectivity index (χ4n) is 0.574. The average molecular weight is 192 g/mol. The number of carbonyl (C=O) groups excluding carboxylic acids is 1. The quantitative estimate of drug-likeness (QED) is 0.234. The van der Waals surface area contributed by atoms with E-state index in [0.29, 0.717) is 12.3 Å². The fraction of sp³-hybridized carbons (Fsp3) is 0.857. The molecular weight excluding hydrogens is 176 g/mol. The molecule has 4 nitrogen and oxygen atoms in total. The second kappa shape index (κ2) is 7.39. The Morgan fingerprint density at radius 3 is 2.92 bits per heavy atom. The zero-order chi connectivity index (χ0) is 9.40. The molecule has 72 valence electrons. The summed E-state index contributed by atoms with van der Waals surface area (Å²) < 4.78 is 0. The second-order valence-electron chi connectivity index (χ2n) is 2.68. The molecule has 0 rings (SSSR count). The normalized spacial score (nSPS) is 12.6. The van der Waals surface area contributed by atoms with Crippen molar-refractivity contribution in [3.8, 4) is 0 Å². The second-order valence-corrected chi connectivity index (χ2v) is 3.83. The van der Waals surface area contributed by atoms with Crippen LogP contribution in [0.15, 0.2) is 0 Å². The summed E-state index contributed by atoms with van der Waals surface area (Å²) in [6, 6.07) is 0. The minimum Gasteiger partial charge on any atom is -0.396 e. The van der Waals surface area contributed by atoms with E-state index >= 15 is 0 Å². The lowest BCUT2D eigenvalue weighted by Gasteiger charge is -2.05. The number of nitrogens with one attached hydrogen (secondary N) is 1. The average Bonchev–Trinajstić information content (AvgIpc) is 2.11. The van der Waals surface area contributed by atoms with Crippen LogP contribution in [-0.4, -0.2) is 29.1 Å². The molecule has 0 saturated heterocycles. The molecular formula is C7H16N2O2S. The summed E-state index contributed by atoms with van der Waals surface area (Å²) >= 11 is 1.65. The van der Waals surface area contributed by atoms with Crippen LogP contribution in [0.3, 0.4) is 0 Å². The first-order valence-electron chi connectivity index (χ1n) is 3.88. The molecule has 4 N–H and O–H groups in total. The Morgan fingerprint density at radius 1 is 1.75 bits per heavy atom. The van der Waals surface area contributed by atoms with Gasteiger partial charge in [0.05, 0.1) is 0 Å². The summed E-state index contributed by atoms with van der Waals surface area (Å²) in [5.74, 6) is 6.69. The summed E-state index contributed by atoms with van der Waals surface area (Å²) in [6.45, 7) is 2.17. The number of aliphatic hydroxyl groups excluding tert-OH is 1. The Morgan fingerprint density at radius 2 is 2.42 bits per heavy atom. The molecule has 0 aliphatic carbocycles. The van der Waals surface area contributed by atoms with E-state index in [4.69, 9.17) is 10.9 Å². The van der Waals surface area contributed by atoms with Crippen LogP contribution in [0, 0.1) is 5.92 Å².